The van der Waals surface area contributed by atoms with Gasteiger partial charge in [0.25, 0.3) is 5.91 Å². The van der Waals surface area contributed by atoms with Gasteiger partial charge in [0.1, 0.15) is 5.82 Å². The molecule has 0 aliphatic carbocycles. The number of hydrogen-bond acceptors (Lipinski definition) is 5. The summed E-state index contributed by atoms with van der Waals surface area (Å²) in [5, 5.41) is 9.03. The number of carbonyl (C=O) groups excluding carboxylic acids is 1. The molecule has 4 rings (SSSR count). The van der Waals surface area contributed by atoms with Crippen LogP contribution in [0.15, 0.2) is 42.6 Å². The van der Waals surface area contributed by atoms with E-state index in [0.29, 0.717) is 11.5 Å². The van der Waals surface area contributed by atoms with Crippen LogP contribution in [0, 0.1) is 25.2 Å². The summed E-state index contributed by atoms with van der Waals surface area (Å²) in [7, 11) is 5.57. The molecule has 3 aromatic rings. The van der Waals surface area contributed by atoms with Crippen LogP contribution in [0.2, 0.25) is 0 Å². The summed E-state index contributed by atoms with van der Waals surface area (Å²) in [5.74, 6) is 1.21. The van der Waals surface area contributed by atoms with Gasteiger partial charge in [-0.2, -0.15) is 5.26 Å². The van der Waals surface area contributed by atoms with Gasteiger partial charge in [0.15, 0.2) is 6.23 Å². The second-order valence-electron chi connectivity index (χ2n) is 9.52. The van der Waals surface area contributed by atoms with Crippen molar-refractivity contribution in [2.24, 2.45) is 0 Å². The lowest BCUT2D eigenvalue weighted by Crippen LogP contribution is -2.38. The van der Waals surface area contributed by atoms with Crippen molar-refractivity contribution in [3.05, 3.63) is 76.1 Å². The Bertz CT molecular complexity index is 1230. The fourth-order valence-corrected chi connectivity index (χ4v) is 4.97. The summed E-state index contributed by atoms with van der Waals surface area (Å²) in [6.45, 7) is 5.47. The Morgan fingerprint density at radius 2 is 1.86 bits per heavy atom. The molecular formula is C28H33N5O2. The van der Waals surface area contributed by atoms with Crippen LogP contribution in [0.1, 0.15) is 63.3 Å². The van der Waals surface area contributed by atoms with E-state index in [1.54, 1.807) is 13.3 Å². The number of carbonyl (C=O) groups is 1. The number of rotatable bonds is 6. The highest BCUT2D eigenvalue weighted by molar-refractivity contribution is 5.97. The summed E-state index contributed by atoms with van der Waals surface area (Å²) >= 11 is 0. The number of H-pyrrole nitrogens is 1. The number of nitrogens with one attached hydrogen (secondary N) is 1. The zero-order chi connectivity index (χ0) is 25.1. The van der Waals surface area contributed by atoms with E-state index < -0.39 is 0 Å². The number of aromatic amines is 1. The van der Waals surface area contributed by atoms with E-state index in [-0.39, 0.29) is 12.1 Å². The molecule has 1 aliphatic rings. The maximum Gasteiger partial charge on any atom is 0.254 e. The van der Waals surface area contributed by atoms with Crippen molar-refractivity contribution in [1.82, 2.24) is 19.8 Å². The number of benzene rings is 2. The van der Waals surface area contributed by atoms with Gasteiger partial charge in [-0.15, -0.1) is 0 Å². The first-order valence-corrected chi connectivity index (χ1v) is 12.0. The third kappa shape index (κ3) is 5.14. The number of methoxy groups -OCH3 is 1. The third-order valence-electron chi connectivity index (χ3n) is 6.90. The topological polar surface area (TPSA) is 85.2 Å². The molecule has 1 saturated heterocycles. The summed E-state index contributed by atoms with van der Waals surface area (Å²) in [6.07, 6.45) is 3.40. The number of ether oxygens (including phenoxy) is 1. The van der Waals surface area contributed by atoms with Crippen molar-refractivity contribution in [2.45, 2.75) is 38.8 Å². The third-order valence-corrected chi connectivity index (χ3v) is 6.90. The van der Waals surface area contributed by atoms with Crippen molar-refractivity contribution in [3.8, 4) is 17.5 Å². The van der Waals surface area contributed by atoms with E-state index >= 15 is 0 Å². The number of imidazole rings is 1. The quantitative estimate of drug-likeness (QED) is 0.523. The predicted molar refractivity (Wildman–Crippen MR) is 136 cm³/mol. The van der Waals surface area contributed by atoms with Crippen LogP contribution in [0.25, 0.3) is 11.4 Å². The van der Waals surface area contributed by atoms with Gasteiger partial charge < -0.3 is 14.6 Å². The summed E-state index contributed by atoms with van der Waals surface area (Å²) in [6, 6.07) is 14.0. The number of amides is 1. The molecule has 1 aliphatic heterocycles. The molecule has 0 bridgehead atoms. The summed E-state index contributed by atoms with van der Waals surface area (Å²) < 4.78 is 5.57. The minimum atomic E-state index is -0.222. The van der Waals surface area contributed by atoms with E-state index in [9.17, 15) is 4.79 Å². The highest BCUT2D eigenvalue weighted by atomic mass is 16.5. The van der Waals surface area contributed by atoms with Crippen molar-refractivity contribution in [1.29, 1.82) is 5.26 Å². The van der Waals surface area contributed by atoms with Crippen molar-refractivity contribution >= 4 is 5.91 Å². The first-order chi connectivity index (χ1) is 16.8. The van der Waals surface area contributed by atoms with Crippen LogP contribution in [0.3, 0.4) is 0 Å². The molecule has 2 heterocycles. The van der Waals surface area contributed by atoms with E-state index in [2.05, 4.69) is 22.1 Å². The molecule has 0 spiro atoms. The number of nitriles is 1. The van der Waals surface area contributed by atoms with Crippen LogP contribution in [0.4, 0.5) is 0 Å². The second-order valence-corrected chi connectivity index (χ2v) is 9.52. The van der Waals surface area contributed by atoms with Crippen LogP contribution in [-0.4, -0.2) is 60.0 Å². The maximum absolute atomic E-state index is 13.5. The largest absolute Gasteiger partial charge is 0.360 e. The van der Waals surface area contributed by atoms with Crippen molar-refractivity contribution < 1.29 is 9.53 Å². The molecule has 7 heteroatoms. The van der Waals surface area contributed by atoms with E-state index in [0.717, 1.165) is 59.7 Å². The molecule has 182 valence electrons. The number of hydrogen-bond donors (Lipinski definition) is 1. The van der Waals surface area contributed by atoms with Gasteiger partial charge in [0.2, 0.25) is 0 Å². The standard InChI is InChI=1S/C28H33N5O2/c1-18-14-19(2)24(15-23(18)26-30-17-25(31-26)28(35-5)32(3)4)27(34)33-12-10-22(11-13-33)21-8-6-20(16-29)7-9-21/h6-9,14-15,17,22,28H,10-13H2,1-5H3,(H,30,31). The van der Waals surface area contributed by atoms with Crippen LogP contribution >= 0.6 is 0 Å². The normalized spacial score (nSPS) is 15.3. The Morgan fingerprint density at radius 3 is 2.46 bits per heavy atom. The van der Waals surface area contributed by atoms with Gasteiger partial charge in [-0.05, 0) is 81.6 Å². The lowest BCUT2D eigenvalue weighted by Gasteiger charge is -2.32. The Labute approximate surface area is 207 Å². The molecule has 1 amide bonds. The second kappa shape index (κ2) is 10.4. The van der Waals surface area contributed by atoms with Crippen molar-refractivity contribution in [2.75, 3.05) is 34.3 Å². The molecule has 2 aromatic carbocycles. The molecular weight excluding hydrogens is 438 g/mol. The monoisotopic (exact) mass is 471 g/mol. The van der Waals surface area contributed by atoms with Gasteiger partial charge in [-0.1, -0.05) is 18.2 Å². The fourth-order valence-electron chi connectivity index (χ4n) is 4.97. The molecule has 0 saturated carbocycles. The number of nitrogens with zero attached hydrogens (tertiary/aromatic N) is 4. The Morgan fingerprint density at radius 1 is 1.17 bits per heavy atom. The average molecular weight is 472 g/mol. The van der Waals surface area contributed by atoms with Crippen LogP contribution in [-0.2, 0) is 4.74 Å². The lowest BCUT2D eigenvalue weighted by atomic mass is 9.88. The minimum absolute atomic E-state index is 0.0665. The van der Waals surface area contributed by atoms with Gasteiger partial charge >= 0.3 is 0 Å². The highest BCUT2D eigenvalue weighted by Gasteiger charge is 2.26. The zero-order valence-electron chi connectivity index (χ0n) is 21.1. The van der Waals surface area contributed by atoms with Crippen LogP contribution in [0.5, 0.6) is 0 Å². The molecule has 35 heavy (non-hydrogen) atoms. The Hall–Kier alpha value is -3.47. The lowest BCUT2D eigenvalue weighted by molar-refractivity contribution is -0.00822. The first kappa shape index (κ1) is 24.6. The zero-order valence-corrected chi connectivity index (χ0v) is 21.1. The molecule has 0 radical (unpaired) electrons. The number of likely N-dealkylation sites (tertiary alicyclic amines) is 1. The maximum atomic E-state index is 13.5. The molecule has 1 fully saturated rings. The highest BCUT2D eigenvalue weighted by Crippen LogP contribution is 2.31. The molecule has 1 unspecified atom stereocenters. The Balaban J connectivity index is 1.51. The van der Waals surface area contributed by atoms with Gasteiger partial charge in [-0.3, -0.25) is 9.69 Å². The van der Waals surface area contributed by atoms with Gasteiger partial charge in [-0.25, -0.2) is 4.98 Å². The molecule has 7 nitrogen and oxygen atoms in total. The molecule has 1 atom stereocenters. The summed E-state index contributed by atoms with van der Waals surface area (Å²) in [5.41, 5.74) is 6.46. The molecule has 1 N–H and O–H groups in total. The van der Waals surface area contributed by atoms with Crippen molar-refractivity contribution in [3.63, 3.8) is 0 Å². The SMILES string of the molecule is COC(c1cnc(-c2cc(C(=O)N3CCC(c4ccc(C#N)cc4)CC3)c(C)cc2C)[nH]1)N(C)C. The smallest absolute Gasteiger partial charge is 0.254 e. The Kier molecular flexibility index (Phi) is 7.34. The number of aryl methyl sites for hydroxylation is 2. The fraction of sp³-hybridized carbons (Fsp3) is 0.393. The van der Waals surface area contributed by atoms with Crippen LogP contribution < -0.4 is 0 Å². The number of piperidine rings is 1. The average Bonchev–Trinajstić information content (AvgIpc) is 3.33. The summed E-state index contributed by atoms with van der Waals surface area (Å²) in [4.78, 5) is 25.4. The van der Waals surface area contributed by atoms with Gasteiger partial charge in [0, 0.05) is 31.3 Å². The molecule has 1 aromatic heterocycles. The van der Waals surface area contributed by atoms with Gasteiger partial charge in [0.05, 0.1) is 23.5 Å². The first-order valence-electron chi connectivity index (χ1n) is 12.0. The van der Waals surface area contributed by atoms with E-state index in [1.165, 1.54) is 5.56 Å². The van der Waals surface area contributed by atoms with E-state index in [4.69, 9.17) is 10.00 Å². The van der Waals surface area contributed by atoms with E-state index in [1.807, 2.05) is 68.1 Å². The predicted octanol–water partition coefficient (Wildman–Crippen LogP) is 4.79. The minimum Gasteiger partial charge on any atom is -0.360 e. The number of aromatic nitrogens is 2.